The number of rotatable bonds is 6. The van der Waals surface area contributed by atoms with Gasteiger partial charge in [-0.25, -0.2) is 4.79 Å². The number of benzene rings is 3. The maximum atomic E-state index is 13.4. The van der Waals surface area contributed by atoms with Gasteiger partial charge in [0.2, 0.25) is 0 Å². The third kappa shape index (κ3) is 5.40. The molecule has 184 valence electrons. The first kappa shape index (κ1) is 24.9. The van der Waals surface area contributed by atoms with Gasteiger partial charge in [0.05, 0.1) is 18.2 Å². The third-order valence-corrected chi connectivity index (χ3v) is 7.05. The number of fused-ring (bicyclic) bond motifs is 1. The number of esters is 1. The molecule has 1 aliphatic rings. The molecule has 1 aliphatic heterocycles. The van der Waals surface area contributed by atoms with E-state index in [1.54, 1.807) is 23.9 Å². The zero-order valence-electron chi connectivity index (χ0n) is 19.0. The van der Waals surface area contributed by atoms with Gasteiger partial charge in [-0.1, -0.05) is 42.5 Å². The number of carbonyl (C=O) groups excluding carboxylic acids is 2. The highest BCUT2D eigenvalue weighted by atomic mass is 32.2. The van der Waals surface area contributed by atoms with Gasteiger partial charge in [0.25, 0.3) is 5.91 Å². The molecule has 1 amide bonds. The first-order chi connectivity index (χ1) is 16.7. The van der Waals surface area contributed by atoms with Crippen LogP contribution in [0.4, 0.5) is 13.2 Å². The predicted molar refractivity (Wildman–Crippen MR) is 128 cm³/mol. The molecule has 0 aliphatic carbocycles. The molecule has 35 heavy (non-hydrogen) atoms. The number of amides is 1. The number of alkyl halides is 3. The molecule has 5 nitrogen and oxygen atoms in total. The van der Waals surface area contributed by atoms with Crippen molar-refractivity contribution in [2.75, 3.05) is 18.6 Å². The van der Waals surface area contributed by atoms with Crippen molar-refractivity contribution in [2.45, 2.75) is 31.2 Å². The van der Waals surface area contributed by atoms with E-state index in [-0.39, 0.29) is 12.2 Å². The monoisotopic (exact) mass is 503 g/mol. The lowest BCUT2D eigenvalue weighted by atomic mass is 9.91. The minimum Gasteiger partial charge on any atom is -0.487 e. The van der Waals surface area contributed by atoms with Crippen molar-refractivity contribution in [2.24, 2.45) is 0 Å². The van der Waals surface area contributed by atoms with Crippen molar-refractivity contribution in [3.8, 4) is 5.75 Å². The number of carbonyl (C=O) groups is 2. The molecule has 0 aromatic heterocycles. The minimum atomic E-state index is -4.42. The number of hydrogen-bond acceptors (Lipinski definition) is 5. The third-order valence-electron chi connectivity index (χ3n) is 6.06. The van der Waals surface area contributed by atoms with Crippen LogP contribution in [0.5, 0.6) is 5.75 Å². The number of nitrogens with one attached hydrogen (secondary N) is 1. The predicted octanol–water partition coefficient (Wildman–Crippen LogP) is 5.61. The Morgan fingerprint density at radius 2 is 1.69 bits per heavy atom. The highest BCUT2D eigenvalue weighted by molar-refractivity contribution is 7.99. The van der Waals surface area contributed by atoms with Crippen molar-refractivity contribution in [3.05, 3.63) is 77.4 Å². The molecule has 0 bridgehead atoms. The fourth-order valence-corrected chi connectivity index (χ4v) is 5.29. The van der Waals surface area contributed by atoms with Crippen molar-refractivity contribution >= 4 is 34.4 Å². The van der Waals surface area contributed by atoms with E-state index in [9.17, 15) is 22.8 Å². The van der Waals surface area contributed by atoms with E-state index in [1.807, 2.05) is 24.3 Å². The molecule has 3 aromatic carbocycles. The Morgan fingerprint density at radius 1 is 1.00 bits per heavy atom. The first-order valence-electron chi connectivity index (χ1n) is 11.0. The molecule has 4 rings (SSSR count). The number of ether oxygens (including phenoxy) is 2. The summed E-state index contributed by atoms with van der Waals surface area (Å²) in [6.45, 7) is -0.0365. The Kier molecular flexibility index (Phi) is 7.25. The van der Waals surface area contributed by atoms with Gasteiger partial charge in [-0.15, -0.1) is 0 Å². The summed E-state index contributed by atoms with van der Waals surface area (Å²) >= 11 is 1.71. The van der Waals surface area contributed by atoms with Crippen LogP contribution in [0.25, 0.3) is 10.8 Å². The van der Waals surface area contributed by atoms with Crippen molar-refractivity contribution in [1.29, 1.82) is 0 Å². The smallest absolute Gasteiger partial charge is 0.416 e. The average Bonchev–Trinajstić information content (AvgIpc) is 2.86. The maximum Gasteiger partial charge on any atom is 0.416 e. The number of hydrogen-bond donors (Lipinski definition) is 1. The lowest BCUT2D eigenvalue weighted by molar-refractivity contribution is -0.148. The molecular weight excluding hydrogens is 479 g/mol. The van der Waals surface area contributed by atoms with Crippen LogP contribution in [-0.2, 0) is 22.3 Å². The van der Waals surface area contributed by atoms with Crippen LogP contribution in [0.3, 0.4) is 0 Å². The molecular formula is C26H24F3NO4S. The van der Waals surface area contributed by atoms with E-state index >= 15 is 0 Å². The summed E-state index contributed by atoms with van der Waals surface area (Å²) in [5.41, 5.74) is -1.11. The molecule has 1 heterocycles. The van der Waals surface area contributed by atoms with E-state index in [0.29, 0.717) is 41.0 Å². The molecule has 9 heteroatoms. The van der Waals surface area contributed by atoms with Gasteiger partial charge in [0.1, 0.15) is 17.9 Å². The van der Waals surface area contributed by atoms with E-state index < -0.39 is 29.2 Å². The second-order valence-corrected chi connectivity index (χ2v) is 9.51. The lowest BCUT2D eigenvalue weighted by Gasteiger charge is -2.35. The van der Waals surface area contributed by atoms with Crippen LogP contribution in [0, 0.1) is 0 Å². The second-order valence-electron chi connectivity index (χ2n) is 8.29. The second kappa shape index (κ2) is 10.2. The van der Waals surface area contributed by atoms with Gasteiger partial charge in [-0.3, -0.25) is 4.79 Å². The van der Waals surface area contributed by atoms with Crippen LogP contribution >= 0.6 is 11.8 Å². The summed E-state index contributed by atoms with van der Waals surface area (Å²) in [6, 6.07) is 15.4. The zero-order chi connectivity index (χ0) is 25.1. The van der Waals surface area contributed by atoms with Gasteiger partial charge < -0.3 is 14.8 Å². The molecule has 1 fully saturated rings. The van der Waals surface area contributed by atoms with E-state index in [0.717, 1.165) is 17.5 Å². The number of thioether (sulfide) groups is 1. The van der Waals surface area contributed by atoms with Crippen LogP contribution in [0.2, 0.25) is 0 Å². The average molecular weight is 504 g/mol. The van der Waals surface area contributed by atoms with Gasteiger partial charge in [-0.2, -0.15) is 24.9 Å². The largest absolute Gasteiger partial charge is 0.487 e. The molecule has 1 saturated heterocycles. The molecule has 0 saturated carbocycles. The van der Waals surface area contributed by atoms with E-state index in [2.05, 4.69) is 5.32 Å². The van der Waals surface area contributed by atoms with Gasteiger partial charge in [0, 0.05) is 5.39 Å². The van der Waals surface area contributed by atoms with Crippen molar-refractivity contribution in [3.63, 3.8) is 0 Å². The van der Waals surface area contributed by atoms with E-state index in [4.69, 9.17) is 9.47 Å². The number of halogens is 3. The SMILES string of the molecule is COC(=O)C1(NC(=O)c2ccc3ccccc3c2OCc2ccc(C(F)(F)F)cc2)CCSCC1. The molecule has 0 atom stereocenters. The summed E-state index contributed by atoms with van der Waals surface area (Å²) in [4.78, 5) is 26.0. The topological polar surface area (TPSA) is 64.6 Å². The maximum absolute atomic E-state index is 13.4. The lowest BCUT2D eigenvalue weighted by Crippen LogP contribution is -2.57. The fraction of sp³-hybridized carbons (Fsp3) is 0.308. The summed E-state index contributed by atoms with van der Waals surface area (Å²) in [5.74, 6) is 0.759. The highest BCUT2D eigenvalue weighted by Crippen LogP contribution is 2.34. The molecule has 0 radical (unpaired) electrons. The fourth-order valence-electron chi connectivity index (χ4n) is 4.10. The Morgan fingerprint density at radius 3 is 2.34 bits per heavy atom. The summed E-state index contributed by atoms with van der Waals surface area (Å²) in [6.07, 6.45) is -3.52. The Labute approximate surface area is 205 Å². The Hall–Kier alpha value is -3.20. The van der Waals surface area contributed by atoms with Crippen LogP contribution in [-0.4, -0.2) is 36.0 Å². The van der Waals surface area contributed by atoms with Crippen LogP contribution < -0.4 is 10.1 Å². The van der Waals surface area contributed by atoms with Crippen molar-refractivity contribution in [1.82, 2.24) is 5.32 Å². The molecule has 0 unspecified atom stereocenters. The number of methoxy groups -OCH3 is 1. The molecule has 1 N–H and O–H groups in total. The van der Waals surface area contributed by atoms with Gasteiger partial charge in [0.15, 0.2) is 0 Å². The summed E-state index contributed by atoms with van der Waals surface area (Å²) < 4.78 is 49.7. The molecule has 3 aromatic rings. The highest BCUT2D eigenvalue weighted by Gasteiger charge is 2.42. The van der Waals surface area contributed by atoms with Crippen LogP contribution in [0.1, 0.15) is 34.3 Å². The summed E-state index contributed by atoms with van der Waals surface area (Å²) in [5, 5.41) is 4.41. The standard InChI is InChI=1S/C26H24F3NO4S/c1-33-24(32)25(12-14-35-15-13-25)30-23(31)21-11-8-18-4-2-3-5-20(18)22(21)34-16-17-6-9-19(10-7-17)26(27,28)29/h2-11H,12-16H2,1H3,(H,30,31). The minimum absolute atomic E-state index is 0.0365. The van der Waals surface area contributed by atoms with Crippen LogP contribution in [0.15, 0.2) is 60.7 Å². The van der Waals surface area contributed by atoms with Crippen molar-refractivity contribution < 1.29 is 32.2 Å². The zero-order valence-corrected chi connectivity index (χ0v) is 19.8. The normalized spacial score (nSPS) is 15.4. The van der Waals surface area contributed by atoms with E-state index in [1.165, 1.54) is 19.2 Å². The van der Waals surface area contributed by atoms with Gasteiger partial charge in [-0.05, 0) is 53.5 Å². The summed E-state index contributed by atoms with van der Waals surface area (Å²) in [7, 11) is 1.30. The molecule has 0 spiro atoms. The Bertz CT molecular complexity index is 1220. The Balaban J connectivity index is 1.64. The first-order valence-corrected chi connectivity index (χ1v) is 12.2. The quantitative estimate of drug-likeness (QED) is 0.444. The van der Waals surface area contributed by atoms with Gasteiger partial charge >= 0.3 is 12.1 Å².